The van der Waals surface area contributed by atoms with E-state index in [2.05, 4.69) is 6.58 Å². The molecule has 54 valence electrons. The van der Waals surface area contributed by atoms with Crippen molar-refractivity contribution in [2.75, 3.05) is 20.2 Å². The third-order valence-corrected chi connectivity index (χ3v) is 1.43. The number of aliphatic hydroxyl groups excluding tert-OH is 1. The molecule has 0 aromatic heterocycles. The summed E-state index contributed by atoms with van der Waals surface area (Å²) in [6.07, 6.45) is 1.83. The standard InChI is InChI=1S/C7H15NO/c1-4-5-8(3)7(2)6-9/h4,7,9H,1,5-6H2,2-3H3. The van der Waals surface area contributed by atoms with Crippen LogP contribution in [0.4, 0.5) is 0 Å². The van der Waals surface area contributed by atoms with E-state index in [1.807, 2.05) is 24.9 Å². The molecule has 2 nitrogen and oxygen atoms in total. The van der Waals surface area contributed by atoms with Crippen molar-refractivity contribution in [1.82, 2.24) is 4.90 Å². The van der Waals surface area contributed by atoms with Crippen LogP contribution in [0.25, 0.3) is 0 Å². The molecule has 0 fully saturated rings. The summed E-state index contributed by atoms with van der Waals surface area (Å²) in [6, 6.07) is 0.239. The smallest absolute Gasteiger partial charge is 0.0584 e. The normalized spacial score (nSPS) is 13.8. The van der Waals surface area contributed by atoms with Crippen LogP contribution >= 0.6 is 0 Å². The second kappa shape index (κ2) is 4.53. The van der Waals surface area contributed by atoms with Crippen LogP contribution in [0.1, 0.15) is 6.92 Å². The van der Waals surface area contributed by atoms with Gasteiger partial charge in [0, 0.05) is 12.6 Å². The van der Waals surface area contributed by atoms with Crippen molar-refractivity contribution in [2.24, 2.45) is 0 Å². The molecular weight excluding hydrogens is 114 g/mol. The van der Waals surface area contributed by atoms with Crippen molar-refractivity contribution in [3.05, 3.63) is 12.7 Å². The molecule has 0 aromatic rings. The molecule has 0 aliphatic heterocycles. The first-order valence-corrected chi connectivity index (χ1v) is 3.14. The number of hydrogen-bond donors (Lipinski definition) is 1. The van der Waals surface area contributed by atoms with Crippen molar-refractivity contribution in [2.45, 2.75) is 13.0 Å². The summed E-state index contributed by atoms with van der Waals surface area (Å²) in [5.74, 6) is 0. The summed E-state index contributed by atoms with van der Waals surface area (Å²) >= 11 is 0. The Bertz CT molecular complexity index is 83.0. The van der Waals surface area contributed by atoms with E-state index in [1.54, 1.807) is 0 Å². The summed E-state index contributed by atoms with van der Waals surface area (Å²) in [5.41, 5.74) is 0. The zero-order valence-corrected chi connectivity index (χ0v) is 6.17. The SMILES string of the molecule is C=CCN(C)C(C)CO. The Balaban J connectivity index is 3.44. The van der Waals surface area contributed by atoms with E-state index in [-0.39, 0.29) is 12.6 Å². The molecule has 0 rings (SSSR count). The van der Waals surface area contributed by atoms with Gasteiger partial charge in [0.15, 0.2) is 0 Å². The maximum atomic E-state index is 8.66. The lowest BCUT2D eigenvalue weighted by molar-refractivity contribution is 0.170. The predicted molar refractivity (Wildman–Crippen MR) is 39.4 cm³/mol. The minimum absolute atomic E-state index is 0.213. The minimum Gasteiger partial charge on any atom is -0.395 e. The molecule has 0 aromatic carbocycles. The van der Waals surface area contributed by atoms with Gasteiger partial charge in [0.25, 0.3) is 0 Å². The van der Waals surface area contributed by atoms with E-state index < -0.39 is 0 Å². The monoisotopic (exact) mass is 129 g/mol. The molecule has 0 amide bonds. The van der Waals surface area contributed by atoms with E-state index >= 15 is 0 Å². The van der Waals surface area contributed by atoms with Crippen LogP contribution in [0.5, 0.6) is 0 Å². The fourth-order valence-electron chi connectivity index (χ4n) is 0.523. The number of nitrogens with zero attached hydrogens (tertiary/aromatic N) is 1. The summed E-state index contributed by atoms with van der Waals surface area (Å²) < 4.78 is 0. The van der Waals surface area contributed by atoms with Crippen molar-refractivity contribution < 1.29 is 5.11 Å². The highest BCUT2D eigenvalue weighted by atomic mass is 16.3. The molecule has 1 unspecified atom stereocenters. The molecule has 0 aliphatic carbocycles. The molecule has 0 spiro atoms. The number of likely N-dealkylation sites (N-methyl/N-ethyl adjacent to an activating group) is 1. The molecule has 0 heterocycles. The van der Waals surface area contributed by atoms with E-state index in [4.69, 9.17) is 5.11 Å². The third-order valence-electron chi connectivity index (χ3n) is 1.43. The first kappa shape index (κ1) is 8.66. The molecule has 2 heteroatoms. The van der Waals surface area contributed by atoms with Gasteiger partial charge >= 0.3 is 0 Å². The third kappa shape index (κ3) is 3.27. The average molecular weight is 129 g/mol. The zero-order valence-electron chi connectivity index (χ0n) is 6.17. The molecule has 1 N–H and O–H groups in total. The molecule has 0 saturated carbocycles. The highest BCUT2D eigenvalue weighted by Gasteiger charge is 2.03. The van der Waals surface area contributed by atoms with Crippen LogP contribution < -0.4 is 0 Å². The lowest BCUT2D eigenvalue weighted by Crippen LogP contribution is -2.31. The van der Waals surface area contributed by atoms with Crippen LogP contribution in [0.3, 0.4) is 0 Å². The fraction of sp³-hybridized carbons (Fsp3) is 0.714. The zero-order chi connectivity index (χ0) is 7.28. The second-order valence-corrected chi connectivity index (χ2v) is 2.26. The molecule has 0 radical (unpaired) electrons. The van der Waals surface area contributed by atoms with Gasteiger partial charge in [-0.2, -0.15) is 0 Å². The van der Waals surface area contributed by atoms with Gasteiger partial charge in [-0.1, -0.05) is 6.08 Å². The molecule has 0 saturated heterocycles. The van der Waals surface area contributed by atoms with Gasteiger partial charge in [-0.05, 0) is 14.0 Å². The van der Waals surface area contributed by atoms with Crippen LogP contribution in [0, 0.1) is 0 Å². The molecule has 0 aliphatic rings. The van der Waals surface area contributed by atoms with Crippen molar-refractivity contribution in [1.29, 1.82) is 0 Å². The maximum absolute atomic E-state index is 8.66. The molecular formula is C7H15NO. The Labute approximate surface area is 56.8 Å². The Morgan fingerprint density at radius 1 is 1.78 bits per heavy atom. The van der Waals surface area contributed by atoms with E-state index in [9.17, 15) is 0 Å². The average Bonchev–Trinajstić information content (AvgIpc) is 1.87. The van der Waals surface area contributed by atoms with E-state index in [1.165, 1.54) is 0 Å². The summed E-state index contributed by atoms with van der Waals surface area (Å²) in [4.78, 5) is 2.03. The Morgan fingerprint density at radius 2 is 2.33 bits per heavy atom. The lowest BCUT2D eigenvalue weighted by Gasteiger charge is -2.20. The van der Waals surface area contributed by atoms with Crippen LogP contribution in [-0.4, -0.2) is 36.2 Å². The first-order valence-electron chi connectivity index (χ1n) is 3.14. The lowest BCUT2D eigenvalue weighted by atomic mass is 10.3. The molecule has 9 heavy (non-hydrogen) atoms. The Kier molecular flexibility index (Phi) is 4.36. The van der Waals surface area contributed by atoms with Crippen LogP contribution in [0.2, 0.25) is 0 Å². The quantitative estimate of drug-likeness (QED) is 0.558. The number of aliphatic hydroxyl groups is 1. The van der Waals surface area contributed by atoms with Gasteiger partial charge in [0.05, 0.1) is 6.61 Å². The van der Waals surface area contributed by atoms with Gasteiger partial charge in [-0.3, -0.25) is 4.90 Å². The minimum atomic E-state index is 0.213. The van der Waals surface area contributed by atoms with Crippen molar-refractivity contribution in [3.63, 3.8) is 0 Å². The van der Waals surface area contributed by atoms with Gasteiger partial charge < -0.3 is 5.11 Å². The fourth-order valence-corrected chi connectivity index (χ4v) is 0.523. The highest BCUT2D eigenvalue weighted by molar-refractivity contribution is 4.73. The van der Waals surface area contributed by atoms with Crippen molar-refractivity contribution >= 4 is 0 Å². The van der Waals surface area contributed by atoms with Gasteiger partial charge in [-0.15, -0.1) is 6.58 Å². The molecule has 1 atom stereocenters. The number of rotatable bonds is 4. The number of hydrogen-bond acceptors (Lipinski definition) is 2. The second-order valence-electron chi connectivity index (χ2n) is 2.26. The van der Waals surface area contributed by atoms with Crippen LogP contribution in [0.15, 0.2) is 12.7 Å². The highest BCUT2D eigenvalue weighted by Crippen LogP contribution is 1.91. The van der Waals surface area contributed by atoms with Gasteiger partial charge in [0.2, 0.25) is 0 Å². The summed E-state index contributed by atoms with van der Waals surface area (Å²) in [6.45, 7) is 6.62. The molecule has 0 bridgehead atoms. The van der Waals surface area contributed by atoms with E-state index in [0.717, 1.165) is 6.54 Å². The van der Waals surface area contributed by atoms with Gasteiger partial charge in [-0.25, -0.2) is 0 Å². The summed E-state index contributed by atoms with van der Waals surface area (Å²) in [5, 5.41) is 8.66. The topological polar surface area (TPSA) is 23.5 Å². The first-order chi connectivity index (χ1) is 4.22. The van der Waals surface area contributed by atoms with E-state index in [0.29, 0.717) is 0 Å². The Hall–Kier alpha value is -0.340. The van der Waals surface area contributed by atoms with Gasteiger partial charge in [0.1, 0.15) is 0 Å². The van der Waals surface area contributed by atoms with Crippen LogP contribution in [-0.2, 0) is 0 Å². The largest absolute Gasteiger partial charge is 0.395 e. The maximum Gasteiger partial charge on any atom is 0.0584 e. The predicted octanol–water partition coefficient (Wildman–Crippen LogP) is 0.485. The van der Waals surface area contributed by atoms with Crippen molar-refractivity contribution in [3.8, 4) is 0 Å². The Morgan fingerprint density at radius 3 is 2.67 bits per heavy atom. The summed E-state index contributed by atoms with van der Waals surface area (Å²) in [7, 11) is 1.96.